The number of rotatable bonds is 5. The third-order valence-corrected chi connectivity index (χ3v) is 2.84. The van der Waals surface area contributed by atoms with Crippen molar-refractivity contribution in [2.45, 2.75) is 32.0 Å². The summed E-state index contributed by atoms with van der Waals surface area (Å²) in [6, 6.07) is 0. The molecule has 0 saturated heterocycles. The molecular weight excluding hydrogens is 214 g/mol. The summed E-state index contributed by atoms with van der Waals surface area (Å²) in [4.78, 5) is 11.0. The van der Waals surface area contributed by atoms with Crippen LogP contribution in [0.2, 0.25) is 0 Å². The van der Waals surface area contributed by atoms with Gasteiger partial charge in [0.1, 0.15) is 5.82 Å². The van der Waals surface area contributed by atoms with E-state index in [9.17, 15) is 4.79 Å². The number of aryl methyl sites for hydroxylation is 1. The van der Waals surface area contributed by atoms with Gasteiger partial charge in [0, 0.05) is 6.54 Å². The highest BCUT2D eigenvalue weighted by atomic mass is 32.2. The van der Waals surface area contributed by atoms with Crippen molar-refractivity contribution >= 4 is 17.7 Å². The monoisotopic (exact) mass is 229 g/mol. The molecular formula is C9H15N3O2S. The van der Waals surface area contributed by atoms with Gasteiger partial charge in [0.15, 0.2) is 5.16 Å². The SMILES string of the molecule is CCCn1c(C)nnc1SCC(=O)OC. The molecule has 15 heavy (non-hydrogen) atoms. The van der Waals surface area contributed by atoms with Crippen LogP contribution < -0.4 is 0 Å². The van der Waals surface area contributed by atoms with E-state index in [-0.39, 0.29) is 11.7 Å². The van der Waals surface area contributed by atoms with Gasteiger partial charge in [0.25, 0.3) is 0 Å². The minimum Gasteiger partial charge on any atom is -0.468 e. The average molecular weight is 229 g/mol. The average Bonchev–Trinajstić information content (AvgIpc) is 2.58. The Labute approximate surface area is 93.2 Å². The van der Waals surface area contributed by atoms with Crippen LogP contribution in [0.4, 0.5) is 0 Å². The molecule has 0 aromatic carbocycles. The minimum absolute atomic E-state index is 0.247. The Kier molecular flexibility index (Phi) is 4.61. The van der Waals surface area contributed by atoms with Crippen LogP contribution in [-0.2, 0) is 16.1 Å². The molecule has 1 aromatic rings. The van der Waals surface area contributed by atoms with E-state index >= 15 is 0 Å². The predicted molar refractivity (Wildman–Crippen MR) is 57.8 cm³/mol. The number of hydrogen-bond donors (Lipinski definition) is 0. The second kappa shape index (κ2) is 5.75. The van der Waals surface area contributed by atoms with Crippen LogP contribution in [0.25, 0.3) is 0 Å². The zero-order chi connectivity index (χ0) is 11.3. The molecule has 0 radical (unpaired) electrons. The molecule has 1 heterocycles. The molecule has 0 bridgehead atoms. The Balaban J connectivity index is 2.63. The summed E-state index contributed by atoms with van der Waals surface area (Å²) in [7, 11) is 1.38. The van der Waals surface area contributed by atoms with Gasteiger partial charge in [-0.3, -0.25) is 4.79 Å². The zero-order valence-electron chi connectivity index (χ0n) is 9.19. The number of aromatic nitrogens is 3. The number of methoxy groups -OCH3 is 1. The lowest BCUT2D eigenvalue weighted by molar-refractivity contribution is -0.137. The molecule has 1 rings (SSSR count). The van der Waals surface area contributed by atoms with Crippen LogP contribution in [0.1, 0.15) is 19.2 Å². The third-order valence-electron chi connectivity index (χ3n) is 1.90. The van der Waals surface area contributed by atoms with E-state index in [0.29, 0.717) is 0 Å². The zero-order valence-corrected chi connectivity index (χ0v) is 10.0. The molecule has 84 valence electrons. The fraction of sp³-hybridized carbons (Fsp3) is 0.667. The predicted octanol–water partition coefficient (Wildman–Crippen LogP) is 1.26. The highest BCUT2D eigenvalue weighted by Crippen LogP contribution is 2.17. The van der Waals surface area contributed by atoms with Crippen molar-refractivity contribution in [1.29, 1.82) is 0 Å². The molecule has 0 N–H and O–H groups in total. The molecule has 6 heteroatoms. The molecule has 0 atom stereocenters. The van der Waals surface area contributed by atoms with E-state index in [1.807, 2.05) is 11.5 Å². The van der Waals surface area contributed by atoms with Crippen molar-refractivity contribution in [3.63, 3.8) is 0 Å². The number of carbonyl (C=O) groups is 1. The fourth-order valence-electron chi connectivity index (χ4n) is 1.13. The maximum absolute atomic E-state index is 11.0. The smallest absolute Gasteiger partial charge is 0.316 e. The van der Waals surface area contributed by atoms with Crippen molar-refractivity contribution in [3.8, 4) is 0 Å². The van der Waals surface area contributed by atoms with Crippen LogP contribution in [0, 0.1) is 6.92 Å². The molecule has 0 aliphatic heterocycles. The lowest BCUT2D eigenvalue weighted by Crippen LogP contribution is -2.06. The van der Waals surface area contributed by atoms with Gasteiger partial charge < -0.3 is 9.30 Å². The first-order valence-electron chi connectivity index (χ1n) is 4.78. The van der Waals surface area contributed by atoms with Crippen LogP contribution in [0.5, 0.6) is 0 Å². The van der Waals surface area contributed by atoms with Crippen LogP contribution in [0.3, 0.4) is 0 Å². The van der Waals surface area contributed by atoms with Crippen LogP contribution in [0.15, 0.2) is 5.16 Å². The summed E-state index contributed by atoms with van der Waals surface area (Å²) in [5.41, 5.74) is 0. The number of nitrogens with zero attached hydrogens (tertiary/aromatic N) is 3. The number of ether oxygens (including phenoxy) is 1. The maximum atomic E-state index is 11.0. The van der Waals surface area contributed by atoms with Gasteiger partial charge in [-0.05, 0) is 13.3 Å². The first kappa shape index (κ1) is 12.0. The first-order valence-corrected chi connectivity index (χ1v) is 5.77. The molecule has 0 aliphatic carbocycles. The van der Waals surface area contributed by atoms with Crippen molar-refractivity contribution in [1.82, 2.24) is 14.8 Å². The molecule has 0 unspecified atom stereocenters. The van der Waals surface area contributed by atoms with E-state index in [4.69, 9.17) is 0 Å². The van der Waals surface area contributed by atoms with E-state index in [2.05, 4.69) is 21.9 Å². The van der Waals surface area contributed by atoms with Crippen molar-refractivity contribution in [2.75, 3.05) is 12.9 Å². The second-order valence-electron chi connectivity index (χ2n) is 3.05. The second-order valence-corrected chi connectivity index (χ2v) is 3.99. The van der Waals surface area contributed by atoms with Crippen molar-refractivity contribution < 1.29 is 9.53 Å². The van der Waals surface area contributed by atoms with Gasteiger partial charge in [-0.25, -0.2) is 0 Å². The van der Waals surface area contributed by atoms with E-state index < -0.39 is 0 Å². The Morgan fingerprint density at radius 1 is 1.53 bits per heavy atom. The first-order chi connectivity index (χ1) is 7.19. The fourth-order valence-corrected chi connectivity index (χ4v) is 1.97. The van der Waals surface area contributed by atoms with E-state index in [0.717, 1.165) is 23.9 Å². The lowest BCUT2D eigenvalue weighted by Gasteiger charge is -2.05. The van der Waals surface area contributed by atoms with Crippen LogP contribution >= 0.6 is 11.8 Å². The van der Waals surface area contributed by atoms with E-state index in [1.165, 1.54) is 18.9 Å². The molecule has 0 saturated carbocycles. The van der Waals surface area contributed by atoms with Crippen molar-refractivity contribution in [3.05, 3.63) is 5.82 Å². The number of esters is 1. The van der Waals surface area contributed by atoms with Gasteiger partial charge >= 0.3 is 5.97 Å². The number of thioether (sulfide) groups is 1. The Morgan fingerprint density at radius 3 is 2.87 bits per heavy atom. The van der Waals surface area contributed by atoms with Gasteiger partial charge in [0.2, 0.25) is 0 Å². The van der Waals surface area contributed by atoms with Gasteiger partial charge in [-0.1, -0.05) is 18.7 Å². The molecule has 5 nitrogen and oxygen atoms in total. The summed E-state index contributed by atoms with van der Waals surface area (Å²) in [6.45, 7) is 4.88. The Bertz CT molecular complexity index is 338. The standard InChI is InChI=1S/C9H15N3O2S/c1-4-5-12-7(2)10-11-9(12)15-6-8(13)14-3/h4-6H2,1-3H3. The topological polar surface area (TPSA) is 57.0 Å². The summed E-state index contributed by atoms with van der Waals surface area (Å²) in [5, 5.41) is 8.77. The lowest BCUT2D eigenvalue weighted by atomic mass is 10.5. The molecule has 0 spiro atoms. The van der Waals surface area contributed by atoms with Crippen LogP contribution in [-0.4, -0.2) is 33.6 Å². The number of hydrogen-bond acceptors (Lipinski definition) is 5. The molecule has 0 fully saturated rings. The van der Waals surface area contributed by atoms with Crippen molar-refractivity contribution in [2.24, 2.45) is 0 Å². The van der Waals surface area contributed by atoms with Gasteiger partial charge in [-0.15, -0.1) is 10.2 Å². The molecule has 1 aromatic heterocycles. The quantitative estimate of drug-likeness (QED) is 0.562. The highest BCUT2D eigenvalue weighted by molar-refractivity contribution is 7.99. The largest absolute Gasteiger partial charge is 0.468 e. The summed E-state index contributed by atoms with van der Waals surface area (Å²) < 4.78 is 6.57. The Morgan fingerprint density at radius 2 is 2.27 bits per heavy atom. The van der Waals surface area contributed by atoms with Gasteiger partial charge in [0.05, 0.1) is 12.9 Å². The highest BCUT2D eigenvalue weighted by Gasteiger charge is 2.10. The Hall–Kier alpha value is -1.04. The minimum atomic E-state index is -0.247. The third kappa shape index (κ3) is 3.23. The number of carbonyl (C=O) groups excluding carboxylic acids is 1. The van der Waals surface area contributed by atoms with E-state index in [1.54, 1.807) is 0 Å². The normalized spacial score (nSPS) is 10.3. The summed E-state index contributed by atoms with van der Waals surface area (Å²) in [5.74, 6) is 0.908. The summed E-state index contributed by atoms with van der Waals surface area (Å²) >= 11 is 1.36. The molecule has 0 aliphatic rings. The molecule has 0 amide bonds. The van der Waals surface area contributed by atoms with Gasteiger partial charge in [-0.2, -0.15) is 0 Å². The summed E-state index contributed by atoms with van der Waals surface area (Å²) in [6.07, 6.45) is 1.02. The maximum Gasteiger partial charge on any atom is 0.316 e.